The molecule has 0 radical (unpaired) electrons. The van der Waals surface area contributed by atoms with Gasteiger partial charge < -0.3 is 5.32 Å². The number of halogens is 1. The molecule has 1 saturated carbocycles. The van der Waals surface area contributed by atoms with Crippen LogP contribution in [0.5, 0.6) is 0 Å². The number of rotatable bonds is 5. The van der Waals surface area contributed by atoms with Crippen molar-refractivity contribution in [1.29, 1.82) is 0 Å². The van der Waals surface area contributed by atoms with Crippen LogP contribution in [-0.4, -0.2) is 12.6 Å². The number of hydrogen-bond donors (Lipinski definition) is 1. The molecule has 1 nitrogen and oxygen atoms in total. The van der Waals surface area contributed by atoms with Gasteiger partial charge in [-0.2, -0.15) is 0 Å². The van der Waals surface area contributed by atoms with Crippen LogP contribution in [0.25, 0.3) is 0 Å². The summed E-state index contributed by atoms with van der Waals surface area (Å²) in [5.74, 6) is -0.116. The first-order valence-electron chi connectivity index (χ1n) is 8.03. The van der Waals surface area contributed by atoms with Crippen LogP contribution < -0.4 is 5.32 Å². The fraction of sp³-hybridized carbons (Fsp3) is 0.667. The van der Waals surface area contributed by atoms with Crippen molar-refractivity contribution in [1.82, 2.24) is 5.32 Å². The molecule has 2 heteroatoms. The number of hydrogen-bond acceptors (Lipinski definition) is 1. The Morgan fingerprint density at radius 1 is 1.25 bits per heavy atom. The van der Waals surface area contributed by atoms with E-state index < -0.39 is 0 Å². The first-order chi connectivity index (χ1) is 9.55. The summed E-state index contributed by atoms with van der Waals surface area (Å²) in [6.45, 7) is 7.64. The Hall–Kier alpha value is -0.890. The first-order valence-corrected chi connectivity index (χ1v) is 8.03. The molecule has 0 spiro atoms. The van der Waals surface area contributed by atoms with Crippen LogP contribution in [-0.2, 0) is 6.42 Å². The Bertz CT molecular complexity index is 435. The third-order valence-electron chi connectivity index (χ3n) is 5.02. The fourth-order valence-corrected chi connectivity index (χ4v) is 3.60. The topological polar surface area (TPSA) is 12.0 Å². The minimum absolute atomic E-state index is 0.116. The first kappa shape index (κ1) is 15.5. The van der Waals surface area contributed by atoms with Gasteiger partial charge in [0.2, 0.25) is 0 Å². The minimum Gasteiger partial charge on any atom is -0.313 e. The Morgan fingerprint density at radius 3 is 2.60 bits per heavy atom. The largest absolute Gasteiger partial charge is 0.313 e. The van der Waals surface area contributed by atoms with Crippen LogP contribution in [0.1, 0.15) is 57.1 Å². The second kappa shape index (κ2) is 6.71. The molecule has 112 valence electrons. The number of likely N-dealkylation sites (N-methyl/N-ethyl adjacent to an activating group) is 1. The van der Waals surface area contributed by atoms with Gasteiger partial charge in [-0.15, -0.1) is 0 Å². The van der Waals surface area contributed by atoms with Crippen LogP contribution in [0, 0.1) is 18.2 Å². The zero-order valence-electron chi connectivity index (χ0n) is 13.1. The SMILES string of the molecule is CCNC(Cc1cc(F)ccc1C)C1(C)CCCCC1. The molecule has 0 heterocycles. The minimum atomic E-state index is -0.116. The second-order valence-corrected chi connectivity index (χ2v) is 6.60. The normalized spacial score (nSPS) is 19.8. The summed E-state index contributed by atoms with van der Waals surface area (Å²) in [5, 5.41) is 3.67. The van der Waals surface area contributed by atoms with Gasteiger partial charge >= 0.3 is 0 Å². The molecule has 1 unspecified atom stereocenters. The lowest BCUT2D eigenvalue weighted by molar-refractivity contribution is 0.144. The predicted molar refractivity (Wildman–Crippen MR) is 83.5 cm³/mol. The molecular weight excluding hydrogens is 249 g/mol. The highest BCUT2D eigenvalue weighted by Crippen LogP contribution is 2.40. The van der Waals surface area contributed by atoms with Crippen LogP contribution in [0.3, 0.4) is 0 Å². The fourth-order valence-electron chi connectivity index (χ4n) is 3.60. The van der Waals surface area contributed by atoms with E-state index in [0.29, 0.717) is 11.5 Å². The van der Waals surface area contributed by atoms with Gasteiger partial charge in [0, 0.05) is 6.04 Å². The van der Waals surface area contributed by atoms with Gasteiger partial charge in [-0.1, -0.05) is 39.2 Å². The van der Waals surface area contributed by atoms with Gasteiger partial charge in [0.25, 0.3) is 0 Å². The van der Waals surface area contributed by atoms with Gasteiger partial charge in [-0.25, -0.2) is 4.39 Å². The molecule has 2 rings (SSSR count). The smallest absolute Gasteiger partial charge is 0.123 e. The maximum absolute atomic E-state index is 13.5. The van der Waals surface area contributed by atoms with E-state index in [9.17, 15) is 4.39 Å². The molecule has 0 aliphatic heterocycles. The molecule has 1 N–H and O–H groups in total. The summed E-state index contributed by atoms with van der Waals surface area (Å²) in [6.07, 6.45) is 7.56. The Labute approximate surface area is 123 Å². The van der Waals surface area contributed by atoms with E-state index >= 15 is 0 Å². The average Bonchev–Trinajstić information content (AvgIpc) is 2.43. The molecule has 1 aromatic rings. The lowest BCUT2D eigenvalue weighted by Crippen LogP contribution is -2.46. The zero-order chi connectivity index (χ0) is 14.6. The van der Waals surface area contributed by atoms with Crippen molar-refractivity contribution in [2.75, 3.05) is 6.54 Å². The highest BCUT2D eigenvalue weighted by molar-refractivity contribution is 5.27. The summed E-state index contributed by atoms with van der Waals surface area (Å²) in [5.41, 5.74) is 2.71. The molecular formula is C18H28FN. The van der Waals surface area contributed by atoms with Crippen molar-refractivity contribution in [2.24, 2.45) is 5.41 Å². The van der Waals surface area contributed by atoms with Crippen molar-refractivity contribution in [3.63, 3.8) is 0 Å². The highest BCUT2D eigenvalue weighted by atomic mass is 19.1. The van der Waals surface area contributed by atoms with E-state index in [1.165, 1.54) is 37.7 Å². The van der Waals surface area contributed by atoms with Crippen molar-refractivity contribution in [2.45, 2.75) is 65.3 Å². The van der Waals surface area contributed by atoms with Crippen LogP contribution >= 0.6 is 0 Å². The summed E-state index contributed by atoms with van der Waals surface area (Å²) in [4.78, 5) is 0. The van der Waals surface area contributed by atoms with E-state index in [0.717, 1.165) is 18.5 Å². The van der Waals surface area contributed by atoms with Gasteiger partial charge in [-0.05, 0) is 61.4 Å². The zero-order valence-corrected chi connectivity index (χ0v) is 13.1. The average molecular weight is 277 g/mol. The van der Waals surface area contributed by atoms with Gasteiger partial charge in [0.15, 0.2) is 0 Å². The summed E-state index contributed by atoms with van der Waals surface area (Å²) in [7, 11) is 0. The molecule has 1 atom stereocenters. The van der Waals surface area contributed by atoms with Crippen LogP contribution in [0.15, 0.2) is 18.2 Å². The van der Waals surface area contributed by atoms with E-state index in [4.69, 9.17) is 0 Å². The highest BCUT2D eigenvalue weighted by Gasteiger charge is 2.35. The van der Waals surface area contributed by atoms with Gasteiger partial charge in [-0.3, -0.25) is 0 Å². The maximum atomic E-state index is 13.5. The van der Waals surface area contributed by atoms with Crippen LogP contribution in [0.4, 0.5) is 4.39 Å². The molecule has 1 aliphatic carbocycles. The van der Waals surface area contributed by atoms with E-state index in [2.05, 4.69) is 26.1 Å². The summed E-state index contributed by atoms with van der Waals surface area (Å²) < 4.78 is 13.5. The van der Waals surface area contributed by atoms with Crippen molar-refractivity contribution in [3.05, 3.63) is 35.1 Å². The molecule has 1 aliphatic rings. The lowest BCUT2D eigenvalue weighted by Gasteiger charge is -2.41. The molecule has 0 bridgehead atoms. The molecule has 0 saturated heterocycles. The number of aryl methyl sites for hydroxylation is 1. The van der Waals surface area contributed by atoms with Crippen molar-refractivity contribution < 1.29 is 4.39 Å². The van der Waals surface area contributed by atoms with Gasteiger partial charge in [0.1, 0.15) is 5.82 Å². The quantitative estimate of drug-likeness (QED) is 0.827. The monoisotopic (exact) mass is 277 g/mol. The Morgan fingerprint density at radius 2 is 1.95 bits per heavy atom. The number of nitrogens with one attached hydrogen (secondary N) is 1. The number of benzene rings is 1. The Balaban J connectivity index is 2.18. The third kappa shape index (κ3) is 3.60. The molecule has 20 heavy (non-hydrogen) atoms. The van der Waals surface area contributed by atoms with Crippen molar-refractivity contribution >= 4 is 0 Å². The van der Waals surface area contributed by atoms with E-state index in [-0.39, 0.29) is 5.82 Å². The molecule has 0 amide bonds. The van der Waals surface area contributed by atoms with Gasteiger partial charge in [0.05, 0.1) is 0 Å². The van der Waals surface area contributed by atoms with Crippen LogP contribution in [0.2, 0.25) is 0 Å². The lowest BCUT2D eigenvalue weighted by atomic mass is 9.69. The molecule has 1 fully saturated rings. The standard InChI is InChI=1S/C18H28FN/c1-4-20-17(18(3)10-6-5-7-11-18)13-15-12-16(19)9-8-14(15)2/h8-9,12,17,20H,4-7,10-11,13H2,1-3H3. The van der Waals surface area contributed by atoms with E-state index in [1.54, 1.807) is 12.1 Å². The molecule has 1 aromatic carbocycles. The maximum Gasteiger partial charge on any atom is 0.123 e. The predicted octanol–water partition coefficient (Wildman–Crippen LogP) is 4.63. The third-order valence-corrected chi connectivity index (χ3v) is 5.02. The summed E-state index contributed by atoms with van der Waals surface area (Å²) >= 11 is 0. The van der Waals surface area contributed by atoms with Crippen molar-refractivity contribution in [3.8, 4) is 0 Å². The Kier molecular flexibility index (Phi) is 5.20. The molecule has 0 aromatic heterocycles. The second-order valence-electron chi connectivity index (χ2n) is 6.60. The summed E-state index contributed by atoms with van der Waals surface area (Å²) in [6, 6.07) is 5.62. The van der Waals surface area contributed by atoms with E-state index in [1.807, 2.05) is 6.07 Å².